The number of ether oxygens (including phenoxy) is 10. The summed E-state index contributed by atoms with van der Waals surface area (Å²) in [6.07, 6.45) is -20.0. The van der Waals surface area contributed by atoms with Gasteiger partial charge in [-0.05, 0) is 68.6 Å². The number of carboxylic acids is 4. The summed E-state index contributed by atoms with van der Waals surface area (Å²) in [4.78, 5) is 65.6. The van der Waals surface area contributed by atoms with E-state index in [1.807, 2.05) is 6.92 Å². The van der Waals surface area contributed by atoms with Crippen LogP contribution in [0.5, 0.6) is 0 Å². The van der Waals surface area contributed by atoms with Crippen LogP contribution in [-0.4, -0.2) is 389 Å². The number of amidine groups is 1. The molecule has 36 nitrogen and oxygen atoms in total. The summed E-state index contributed by atoms with van der Waals surface area (Å²) in [6, 6.07) is 0. The topological polar surface area (TPSA) is 558 Å². The number of nitrogens with zero attached hydrogens (tertiary/aromatic N) is 4. The summed E-state index contributed by atoms with van der Waals surface area (Å²) in [5, 5.41) is 155. The highest BCUT2D eigenvalue weighted by Gasteiger charge is 2.49. The molecule has 0 aromatic heterocycles. The van der Waals surface area contributed by atoms with E-state index in [1.165, 1.54) is 28.7 Å². The molecule has 4 aliphatic rings. The quantitative estimate of drug-likeness (QED) is 0.0153. The SMILES string of the molecule is CCC1O[C@@H](OCCCC2O[C@@H](OCCCC3O[C@@H](OC)C(OCCCSCCNC(=O)CN(CCN(CCN(CC(=O)[O-])CC(=O)[O-])CC(=O)[O-])CC(=O)[O-])[C@@H](O)[C@@H]3O)C(OCCCSCCN=C(N)CSC3OC(CO)C(O)C(O)C3O)[C@@H](O)[C@@H]2O)C(OCCCSCCN)[C@@H](O)[C@@H]1O. The zero-order chi connectivity index (χ0) is 74.4. The molecule has 20 atom stereocenters. The van der Waals surface area contributed by atoms with Gasteiger partial charge in [-0.25, -0.2) is 0 Å². The van der Waals surface area contributed by atoms with Gasteiger partial charge in [0.15, 0.2) is 18.9 Å². The van der Waals surface area contributed by atoms with Crippen LogP contribution in [0.25, 0.3) is 0 Å². The number of thioether (sulfide) groups is 4. The van der Waals surface area contributed by atoms with E-state index in [1.54, 1.807) is 23.5 Å². The van der Waals surface area contributed by atoms with E-state index in [9.17, 15) is 95.5 Å². The highest BCUT2D eigenvalue weighted by molar-refractivity contribution is 8.00. The summed E-state index contributed by atoms with van der Waals surface area (Å²) < 4.78 is 59.9. The smallest absolute Gasteiger partial charge is 0.234 e. The molecule has 0 radical (unpaired) electrons. The fraction of sp³-hybridized carbons (Fsp3) is 0.902. The Morgan fingerprint density at radius 1 is 0.495 bits per heavy atom. The first-order valence-corrected chi connectivity index (χ1v) is 38.4. The molecule has 0 saturated carbocycles. The van der Waals surface area contributed by atoms with Gasteiger partial charge in [-0.2, -0.15) is 35.3 Å². The third-order valence-corrected chi connectivity index (χ3v) is 20.9. The number of aliphatic hydroxyl groups is 10. The largest absolute Gasteiger partial charge is 0.549 e. The maximum atomic E-state index is 12.8. The molecule has 15 N–H and O–H groups in total. The van der Waals surface area contributed by atoms with Crippen molar-refractivity contribution in [3.05, 3.63) is 0 Å². The lowest BCUT2D eigenvalue weighted by molar-refractivity contribution is -0.313. The highest BCUT2D eigenvalue weighted by atomic mass is 32.2. The Morgan fingerprint density at radius 2 is 0.911 bits per heavy atom. The number of carbonyl (C=O) groups is 5. The number of aliphatic imine (C=N–C) groups is 1. The average Bonchev–Trinajstić information content (AvgIpc) is 0.839. The second kappa shape index (κ2) is 50.7. The van der Waals surface area contributed by atoms with E-state index in [2.05, 4.69) is 10.3 Å². The van der Waals surface area contributed by atoms with Crippen molar-refractivity contribution in [3.8, 4) is 0 Å². The maximum absolute atomic E-state index is 12.8. The van der Waals surface area contributed by atoms with E-state index >= 15 is 0 Å². The summed E-state index contributed by atoms with van der Waals surface area (Å²) in [6.45, 7) is -1.03. The molecule has 0 aliphatic carbocycles. The molecule has 4 saturated heterocycles. The van der Waals surface area contributed by atoms with E-state index in [4.69, 9.17) is 58.8 Å². The van der Waals surface area contributed by atoms with E-state index < -0.39 is 191 Å². The molecular weight excluding hydrogens is 1420 g/mol. The monoisotopic (exact) mass is 1530 g/mol. The van der Waals surface area contributed by atoms with Gasteiger partial charge >= 0.3 is 0 Å². The zero-order valence-electron chi connectivity index (χ0n) is 57.2. The number of carbonyl (C=O) groups excluding carboxylic acids is 5. The average molecular weight is 1530 g/mol. The van der Waals surface area contributed by atoms with Gasteiger partial charge in [0.25, 0.3) is 0 Å². The molecule has 4 rings (SSSR count). The van der Waals surface area contributed by atoms with Crippen molar-refractivity contribution >= 4 is 82.7 Å². The third kappa shape index (κ3) is 33.5. The summed E-state index contributed by atoms with van der Waals surface area (Å²) in [5.74, 6) is -2.57. The van der Waals surface area contributed by atoms with Crippen molar-refractivity contribution < 1.29 is 143 Å². The lowest BCUT2D eigenvalue weighted by atomic mass is 9.95. The number of rotatable bonds is 55. The lowest BCUT2D eigenvalue weighted by Gasteiger charge is -2.43. The van der Waals surface area contributed by atoms with Crippen molar-refractivity contribution in [2.75, 3.05) is 166 Å². The number of nitrogens with two attached hydrogens (primary N) is 2. The molecule has 4 aliphatic heterocycles. The molecule has 0 bridgehead atoms. The summed E-state index contributed by atoms with van der Waals surface area (Å²) in [7, 11) is 1.36. The molecular formula is C61H107N7O29S4-4. The van der Waals surface area contributed by atoms with Crippen LogP contribution in [0.3, 0.4) is 0 Å². The molecule has 4 heterocycles. The number of hydrogen-bond donors (Lipinski definition) is 13. The molecule has 0 aromatic carbocycles. The first-order chi connectivity index (χ1) is 48.3. The maximum Gasteiger partial charge on any atom is 0.234 e. The van der Waals surface area contributed by atoms with Gasteiger partial charge in [0.1, 0.15) is 90.6 Å². The Morgan fingerprint density at radius 3 is 1.39 bits per heavy atom. The van der Waals surface area contributed by atoms with E-state index in [0.717, 1.165) is 28.2 Å². The van der Waals surface area contributed by atoms with Gasteiger partial charge in [-0.15, -0.1) is 11.8 Å². The zero-order valence-corrected chi connectivity index (χ0v) is 60.5. The molecule has 40 heteroatoms. The first-order valence-electron chi connectivity index (χ1n) is 33.9. The van der Waals surface area contributed by atoms with Crippen molar-refractivity contribution in [1.29, 1.82) is 0 Å². The number of aliphatic hydroxyl groups excluding tert-OH is 10. The summed E-state index contributed by atoms with van der Waals surface area (Å²) >= 11 is 5.75. The molecule has 0 spiro atoms. The van der Waals surface area contributed by atoms with Gasteiger partial charge in [-0.3, -0.25) is 24.5 Å². The molecule has 0 aromatic rings. The van der Waals surface area contributed by atoms with Crippen LogP contribution in [0, 0.1) is 0 Å². The molecule has 4 fully saturated rings. The van der Waals surface area contributed by atoms with Gasteiger partial charge in [0.2, 0.25) is 5.91 Å². The molecule has 11 unspecified atom stereocenters. The van der Waals surface area contributed by atoms with Crippen LogP contribution in [-0.2, 0) is 71.3 Å². The number of amides is 1. The Balaban J connectivity index is 1.25. The number of methoxy groups -OCH3 is 1. The van der Waals surface area contributed by atoms with Crippen molar-refractivity contribution in [1.82, 2.24) is 20.0 Å². The number of aliphatic carboxylic acids is 4. The summed E-state index contributed by atoms with van der Waals surface area (Å²) in [5.41, 5.74) is 10.7. The highest BCUT2D eigenvalue weighted by Crippen LogP contribution is 2.32. The normalized spacial score (nSPS) is 30.3. The van der Waals surface area contributed by atoms with Crippen molar-refractivity contribution in [2.45, 2.75) is 180 Å². The minimum Gasteiger partial charge on any atom is -0.549 e. The van der Waals surface area contributed by atoms with Crippen molar-refractivity contribution in [2.24, 2.45) is 16.5 Å². The van der Waals surface area contributed by atoms with Crippen LogP contribution in [0.2, 0.25) is 0 Å². The standard InChI is InChI=1S/C61H111N7O29S4/c1-3-36-46(79)51(84)56(90-21-6-23-98-26-11-62)59(94-36)92-18-5-10-38-48(81)53(86)57(91-22-8-24-99-27-12-64-40(63)35-101-61-54(87)50(83)49(82)39(34-69)97-61)60(96-38)93-19-4-9-37-47(80)52(85)55(58(88-2)95-37)89-20-7-25-100-28-13-65-41(70)29-67(31-43(73)74)16-14-66(30-42(71)72)15-17-68(32-44(75)76)33-45(77)78/h36-39,46-61,69,79-87H,3-35,62H2,1-2H3,(H2,63,64)(H,65,70)(H,71,72)(H,73,74)(H,75,76)(H,77,78)/p-4/t36?,37?,38?,39?,46-,47-,48-,49?,50?,51+,52+,53+,54?,55?,56?,57?,58-,59-,60-,61?/m1/s1. The Bertz CT molecular complexity index is 2350. The fourth-order valence-corrected chi connectivity index (χ4v) is 14.4. The predicted molar refractivity (Wildman–Crippen MR) is 359 cm³/mol. The second-order valence-corrected chi connectivity index (χ2v) is 29.1. The Labute approximate surface area is 605 Å². The molecule has 1 amide bonds. The van der Waals surface area contributed by atoms with Gasteiger partial charge in [-0.1, -0.05) is 6.92 Å². The lowest BCUT2D eigenvalue weighted by Crippen LogP contribution is -2.59. The number of nitrogens with one attached hydrogen (secondary N) is 1. The van der Waals surface area contributed by atoms with Gasteiger partial charge < -0.3 is 155 Å². The van der Waals surface area contributed by atoms with Crippen molar-refractivity contribution in [3.63, 3.8) is 0 Å². The molecule has 588 valence electrons. The van der Waals surface area contributed by atoms with Crippen LogP contribution < -0.4 is 37.2 Å². The van der Waals surface area contributed by atoms with Gasteiger partial charge in [0, 0.05) is 129 Å². The minimum atomic E-state index is -1.57. The third-order valence-electron chi connectivity index (χ3n) is 16.5. The molecule has 101 heavy (non-hydrogen) atoms. The van der Waals surface area contributed by atoms with E-state index in [0.29, 0.717) is 61.8 Å². The van der Waals surface area contributed by atoms with Gasteiger partial charge in [0.05, 0.1) is 61.1 Å². The second-order valence-electron chi connectivity index (χ2n) is 24.4. The predicted octanol–water partition coefficient (Wildman–Crippen LogP) is -10.6. The number of hydrogen-bond acceptors (Lipinski definition) is 38. The Hall–Kier alpha value is -2.74. The Kier molecular flexibility index (Phi) is 45.5. The van der Waals surface area contributed by atoms with Crippen LogP contribution in [0.15, 0.2) is 4.99 Å². The minimum absolute atomic E-state index is 0.0193. The number of carboxylic acid groups (broad SMARTS) is 4. The van der Waals surface area contributed by atoms with Crippen LogP contribution in [0.1, 0.15) is 58.3 Å². The van der Waals surface area contributed by atoms with Crippen LogP contribution in [0.4, 0.5) is 0 Å². The van der Waals surface area contributed by atoms with Crippen LogP contribution >= 0.6 is 47.0 Å². The van der Waals surface area contributed by atoms with E-state index in [-0.39, 0.29) is 103 Å². The first kappa shape index (κ1) is 90.7. The fourth-order valence-electron chi connectivity index (χ4n) is 11.2.